The number of halogens is 2. The summed E-state index contributed by atoms with van der Waals surface area (Å²) in [5.41, 5.74) is 2.39. The number of sulfonamides is 1. The summed E-state index contributed by atoms with van der Waals surface area (Å²) in [6.07, 6.45) is 2.52. The molecule has 1 atom stereocenters. The third kappa shape index (κ3) is 6.55. The van der Waals surface area contributed by atoms with Crippen LogP contribution in [0.4, 0.5) is 11.4 Å². The summed E-state index contributed by atoms with van der Waals surface area (Å²) in [6.45, 7) is 5.39. The number of nitrogens with one attached hydrogen (secondary N) is 2. The maximum atomic E-state index is 12.7. The normalized spacial score (nSPS) is 16.6. The predicted molar refractivity (Wildman–Crippen MR) is 142 cm³/mol. The molecule has 1 aliphatic heterocycles. The maximum absolute atomic E-state index is 12.7. The first-order chi connectivity index (χ1) is 16.7. The molecular formula is C26H27Cl2N3O3S. The minimum Gasteiger partial charge on any atom is -0.322 e. The molecule has 3 aromatic carbocycles. The molecule has 0 aliphatic carbocycles. The number of rotatable bonds is 7. The van der Waals surface area contributed by atoms with Gasteiger partial charge in [0.25, 0.3) is 15.9 Å². The predicted octanol–water partition coefficient (Wildman–Crippen LogP) is 6.28. The first kappa shape index (κ1) is 25.5. The van der Waals surface area contributed by atoms with Crippen molar-refractivity contribution in [1.82, 2.24) is 4.90 Å². The van der Waals surface area contributed by atoms with E-state index in [0.29, 0.717) is 11.3 Å². The number of carbonyl (C=O) groups excluding carboxylic acids is 1. The van der Waals surface area contributed by atoms with Gasteiger partial charge < -0.3 is 5.32 Å². The van der Waals surface area contributed by atoms with Crippen molar-refractivity contribution in [2.75, 3.05) is 23.1 Å². The quantitative estimate of drug-likeness (QED) is 0.376. The van der Waals surface area contributed by atoms with Gasteiger partial charge in [-0.2, -0.15) is 0 Å². The van der Waals surface area contributed by atoms with E-state index in [1.165, 1.54) is 48.7 Å². The second-order valence-corrected chi connectivity index (χ2v) is 11.3. The number of carbonyl (C=O) groups is 1. The van der Waals surface area contributed by atoms with E-state index in [1.54, 1.807) is 12.1 Å². The van der Waals surface area contributed by atoms with Crippen LogP contribution in [0.5, 0.6) is 0 Å². The minimum absolute atomic E-state index is 0.0305. The Hall–Kier alpha value is -2.58. The standard InChI is InChI=1S/C26H27Cl2N3O3S/c1-18-4-3-15-31(16-18)17-19-7-9-20(10-8-19)26(32)29-21-11-13-22(14-12-21)35(33,34)30-24-6-2-5-23(27)25(24)28/h2,5-14,18,30H,3-4,15-17H2,1H3,(H,29,32)/t18-/m1/s1. The second kappa shape index (κ2) is 11.0. The van der Waals surface area contributed by atoms with Gasteiger partial charge in [-0.05, 0) is 79.4 Å². The van der Waals surface area contributed by atoms with E-state index >= 15 is 0 Å². The van der Waals surface area contributed by atoms with E-state index in [-0.39, 0.29) is 26.5 Å². The van der Waals surface area contributed by atoms with Crippen molar-refractivity contribution < 1.29 is 13.2 Å². The fourth-order valence-corrected chi connectivity index (χ4v) is 5.63. The monoisotopic (exact) mass is 531 g/mol. The molecule has 0 unspecified atom stereocenters. The van der Waals surface area contributed by atoms with Crippen LogP contribution in [0.15, 0.2) is 71.6 Å². The third-order valence-corrected chi connectivity index (χ3v) is 8.18. The molecule has 0 saturated carbocycles. The number of anilines is 2. The number of piperidine rings is 1. The van der Waals surface area contributed by atoms with Gasteiger partial charge in [-0.15, -0.1) is 0 Å². The molecule has 9 heteroatoms. The summed E-state index contributed by atoms with van der Waals surface area (Å²) in [5.74, 6) is 0.461. The largest absolute Gasteiger partial charge is 0.322 e. The Kier molecular flexibility index (Phi) is 8.02. The van der Waals surface area contributed by atoms with E-state index in [9.17, 15) is 13.2 Å². The molecule has 6 nitrogen and oxygen atoms in total. The SMILES string of the molecule is C[C@@H]1CCCN(Cc2ccc(C(=O)Nc3ccc(S(=O)(=O)Nc4cccc(Cl)c4Cl)cc3)cc2)C1. The van der Waals surface area contributed by atoms with Crippen molar-refractivity contribution in [3.05, 3.63) is 87.9 Å². The zero-order valence-electron chi connectivity index (χ0n) is 19.3. The Labute approximate surface area is 216 Å². The molecule has 1 heterocycles. The van der Waals surface area contributed by atoms with Gasteiger partial charge >= 0.3 is 0 Å². The molecule has 0 spiro atoms. The number of hydrogen-bond acceptors (Lipinski definition) is 4. The molecular weight excluding hydrogens is 505 g/mol. The lowest BCUT2D eigenvalue weighted by Crippen LogP contribution is -2.33. The van der Waals surface area contributed by atoms with Gasteiger partial charge in [0.1, 0.15) is 0 Å². The molecule has 184 valence electrons. The van der Waals surface area contributed by atoms with Crippen molar-refractivity contribution in [1.29, 1.82) is 0 Å². The van der Waals surface area contributed by atoms with Crippen LogP contribution in [0, 0.1) is 5.92 Å². The average molecular weight is 532 g/mol. The topological polar surface area (TPSA) is 78.5 Å². The Morgan fingerprint density at radius 3 is 2.43 bits per heavy atom. The first-order valence-corrected chi connectivity index (χ1v) is 13.6. The minimum atomic E-state index is -3.88. The summed E-state index contributed by atoms with van der Waals surface area (Å²) in [4.78, 5) is 15.2. The zero-order valence-corrected chi connectivity index (χ0v) is 21.6. The number of nitrogens with zero attached hydrogens (tertiary/aromatic N) is 1. The van der Waals surface area contributed by atoms with Crippen LogP contribution in [-0.2, 0) is 16.6 Å². The zero-order chi connectivity index (χ0) is 25.0. The van der Waals surface area contributed by atoms with Crippen LogP contribution in [-0.4, -0.2) is 32.3 Å². The molecule has 0 bridgehead atoms. The third-order valence-electron chi connectivity index (χ3n) is 5.98. The number of benzene rings is 3. The van der Waals surface area contributed by atoms with Crippen LogP contribution < -0.4 is 10.0 Å². The van der Waals surface area contributed by atoms with Crippen molar-refractivity contribution in [2.24, 2.45) is 5.92 Å². The Balaban J connectivity index is 1.37. The van der Waals surface area contributed by atoms with E-state index in [4.69, 9.17) is 23.2 Å². The lowest BCUT2D eigenvalue weighted by atomic mass is 9.99. The molecule has 35 heavy (non-hydrogen) atoms. The van der Waals surface area contributed by atoms with Gasteiger partial charge in [0, 0.05) is 24.3 Å². The fourth-order valence-electron chi connectivity index (χ4n) is 4.16. The highest BCUT2D eigenvalue weighted by molar-refractivity contribution is 7.92. The second-order valence-electron chi connectivity index (χ2n) is 8.86. The van der Waals surface area contributed by atoms with Crippen molar-refractivity contribution in [3.8, 4) is 0 Å². The highest BCUT2D eigenvalue weighted by atomic mass is 35.5. The van der Waals surface area contributed by atoms with Gasteiger partial charge in [0.2, 0.25) is 0 Å². The molecule has 2 N–H and O–H groups in total. The highest BCUT2D eigenvalue weighted by Crippen LogP contribution is 2.31. The van der Waals surface area contributed by atoms with Crippen LogP contribution in [0.3, 0.4) is 0 Å². The van der Waals surface area contributed by atoms with Crippen molar-refractivity contribution in [3.63, 3.8) is 0 Å². The van der Waals surface area contributed by atoms with Gasteiger partial charge in [-0.1, -0.05) is 48.3 Å². The average Bonchev–Trinajstić information content (AvgIpc) is 2.83. The van der Waals surface area contributed by atoms with E-state index in [1.807, 2.05) is 24.3 Å². The molecule has 0 radical (unpaired) electrons. The van der Waals surface area contributed by atoms with Crippen molar-refractivity contribution >= 4 is 50.5 Å². The van der Waals surface area contributed by atoms with Crippen LogP contribution in [0.2, 0.25) is 10.0 Å². The molecule has 3 aromatic rings. The van der Waals surface area contributed by atoms with Gasteiger partial charge in [0.05, 0.1) is 20.6 Å². The first-order valence-electron chi connectivity index (χ1n) is 11.4. The highest BCUT2D eigenvalue weighted by Gasteiger charge is 2.18. The Bertz CT molecular complexity index is 1300. The molecule has 0 aromatic heterocycles. The Morgan fingerprint density at radius 2 is 1.74 bits per heavy atom. The van der Waals surface area contributed by atoms with Crippen molar-refractivity contribution in [2.45, 2.75) is 31.2 Å². The number of hydrogen-bond donors (Lipinski definition) is 2. The lowest BCUT2D eigenvalue weighted by molar-refractivity contribution is 0.102. The van der Waals surface area contributed by atoms with Gasteiger partial charge in [-0.3, -0.25) is 14.4 Å². The van der Waals surface area contributed by atoms with Crippen LogP contribution >= 0.6 is 23.2 Å². The van der Waals surface area contributed by atoms with Gasteiger partial charge in [-0.25, -0.2) is 8.42 Å². The molecule has 1 amide bonds. The number of amides is 1. The molecule has 1 aliphatic rings. The molecule has 1 fully saturated rings. The summed E-state index contributed by atoms with van der Waals surface area (Å²) in [7, 11) is -3.88. The number of likely N-dealkylation sites (tertiary alicyclic amines) is 1. The lowest BCUT2D eigenvalue weighted by Gasteiger charge is -2.30. The summed E-state index contributed by atoms with van der Waals surface area (Å²) in [6, 6.07) is 18.2. The van der Waals surface area contributed by atoms with E-state index in [2.05, 4.69) is 21.9 Å². The maximum Gasteiger partial charge on any atom is 0.261 e. The fraction of sp³-hybridized carbons (Fsp3) is 0.269. The van der Waals surface area contributed by atoms with Gasteiger partial charge in [0.15, 0.2) is 0 Å². The Morgan fingerprint density at radius 1 is 1.03 bits per heavy atom. The summed E-state index contributed by atoms with van der Waals surface area (Å²) in [5, 5.41) is 3.18. The van der Waals surface area contributed by atoms with E-state index < -0.39 is 10.0 Å². The molecule has 4 rings (SSSR count). The van der Waals surface area contributed by atoms with Crippen LogP contribution in [0.1, 0.15) is 35.7 Å². The summed E-state index contributed by atoms with van der Waals surface area (Å²) >= 11 is 12.0. The summed E-state index contributed by atoms with van der Waals surface area (Å²) < 4.78 is 27.8. The van der Waals surface area contributed by atoms with Crippen LogP contribution in [0.25, 0.3) is 0 Å². The smallest absolute Gasteiger partial charge is 0.261 e. The molecule has 1 saturated heterocycles. The van der Waals surface area contributed by atoms with E-state index in [0.717, 1.165) is 25.6 Å².